The van der Waals surface area contributed by atoms with Gasteiger partial charge in [-0.1, -0.05) is 17.3 Å². The summed E-state index contributed by atoms with van der Waals surface area (Å²) < 4.78 is 14.7. The van der Waals surface area contributed by atoms with E-state index in [2.05, 4.69) is 20.9 Å². The second-order valence-corrected chi connectivity index (χ2v) is 5.76. The van der Waals surface area contributed by atoms with Crippen LogP contribution in [0.1, 0.15) is 40.6 Å². The first kappa shape index (κ1) is 15.6. The molecule has 1 amide bonds. The van der Waals surface area contributed by atoms with Crippen LogP contribution in [-0.4, -0.2) is 34.0 Å². The number of aromatic nitrogens is 3. The fourth-order valence-electron chi connectivity index (χ4n) is 2.82. The molecule has 1 aliphatic heterocycles. The average Bonchev–Trinajstić information content (AvgIpc) is 2.96. The highest BCUT2D eigenvalue weighted by Gasteiger charge is 2.22. The average molecular weight is 317 g/mol. The SMILES string of the molecule is Cc1c(C(=O)NCc2ccc(F)cc2)nnn1C1CCNCC1. The van der Waals surface area contributed by atoms with Gasteiger partial charge in [0.05, 0.1) is 11.7 Å². The van der Waals surface area contributed by atoms with E-state index < -0.39 is 0 Å². The smallest absolute Gasteiger partial charge is 0.274 e. The number of nitrogens with one attached hydrogen (secondary N) is 2. The lowest BCUT2D eigenvalue weighted by Crippen LogP contribution is -2.30. The molecule has 1 aromatic carbocycles. The number of carbonyl (C=O) groups is 1. The van der Waals surface area contributed by atoms with E-state index >= 15 is 0 Å². The minimum Gasteiger partial charge on any atom is -0.347 e. The van der Waals surface area contributed by atoms with Gasteiger partial charge in [-0.05, 0) is 50.6 Å². The summed E-state index contributed by atoms with van der Waals surface area (Å²) in [6.07, 6.45) is 1.97. The number of amides is 1. The lowest BCUT2D eigenvalue weighted by molar-refractivity contribution is 0.0945. The Labute approximate surface area is 134 Å². The number of carbonyl (C=O) groups excluding carboxylic acids is 1. The van der Waals surface area contributed by atoms with Crippen molar-refractivity contribution in [3.05, 3.63) is 47.0 Å². The highest BCUT2D eigenvalue weighted by molar-refractivity contribution is 5.93. The lowest BCUT2D eigenvalue weighted by Gasteiger charge is -2.23. The Bertz CT molecular complexity index is 676. The van der Waals surface area contributed by atoms with E-state index in [1.54, 1.807) is 12.1 Å². The van der Waals surface area contributed by atoms with Gasteiger partial charge in [-0.3, -0.25) is 4.79 Å². The minimum absolute atomic E-state index is 0.257. The first-order valence-electron chi connectivity index (χ1n) is 7.80. The summed E-state index contributed by atoms with van der Waals surface area (Å²) in [6, 6.07) is 6.34. The van der Waals surface area contributed by atoms with Gasteiger partial charge in [0, 0.05) is 6.54 Å². The van der Waals surface area contributed by atoms with Gasteiger partial charge in [-0.15, -0.1) is 5.10 Å². The van der Waals surface area contributed by atoms with Gasteiger partial charge in [-0.25, -0.2) is 9.07 Å². The van der Waals surface area contributed by atoms with Gasteiger partial charge in [0.1, 0.15) is 5.82 Å². The second kappa shape index (κ2) is 6.87. The molecule has 122 valence electrons. The molecule has 1 aliphatic rings. The first-order valence-corrected chi connectivity index (χ1v) is 7.80. The van der Waals surface area contributed by atoms with Crippen molar-refractivity contribution < 1.29 is 9.18 Å². The normalized spacial score (nSPS) is 15.6. The van der Waals surface area contributed by atoms with Crippen molar-refractivity contribution in [1.29, 1.82) is 0 Å². The number of hydrogen-bond acceptors (Lipinski definition) is 4. The third-order valence-electron chi connectivity index (χ3n) is 4.16. The van der Waals surface area contributed by atoms with Crippen LogP contribution in [0.15, 0.2) is 24.3 Å². The number of halogens is 1. The Kier molecular flexibility index (Phi) is 4.66. The van der Waals surface area contributed by atoms with Crippen molar-refractivity contribution in [3.8, 4) is 0 Å². The van der Waals surface area contributed by atoms with E-state index in [4.69, 9.17) is 0 Å². The van der Waals surface area contributed by atoms with Gasteiger partial charge < -0.3 is 10.6 Å². The van der Waals surface area contributed by atoms with Crippen LogP contribution in [0.5, 0.6) is 0 Å². The molecule has 0 aliphatic carbocycles. The number of nitrogens with zero attached hydrogens (tertiary/aromatic N) is 3. The summed E-state index contributed by atoms with van der Waals surface area (Å²) in [7, 11) is 0. The van der Waals surface area contributed by atoms with Crippen molar-refractivity contribution in [3.63, 3.8) is 0 Å². The van der Waals surface area contributed by atoms with Gasteiger partial charge in [0.15, 0.2) is 5.69 Å². The Hall–Kier alpha value is -2.28. The van der Waals surface area contributed by atoms with Crippen LogP contribution in [0.3, 0.4) is 0 Å². The molecule has 0 bridgehead atoms. The highest BCUT2D eigenvalue weighted by Crippen LogP contribution is 2.20. The van der Waals surface area contributed by atoms with E-state index in [1.165, 1.54) is 12.1 Å². The summed E-state index contributed by atoms with van der Waals surface area (Å²) in [5.41, 5.74) is 1.97. The van der Waals surface area contributed by atoms with E-state index in [9.17, 15) is 9.18 Å². The monoisotopic (exact) mass is 317 g/mol. The van der Waals surface area contributed by atoms with Crippen molar-refractivity contribution in [1.82, 2.24) is 25.6 Å². The largest absolute Gasteiger partial charge is 0.347 e. The number of hydrogen-bond donors (Lipinski definition) is 2. The number of benzene rings is 1. The topological polar surface area (TPSA) is 71.8 Å². The Morgan fingerprint density at radius 1 is 1.35 bits per heavy atom. The molecule has 1 saturated heterocycles. The maximum absolute atomic E-state index is 12.9. The molecule has 2 heterocycles. The molecule has 0 radical (unpaired) electrons. The zero-order valence-electron chi connectivity index (χ0n) is 13.1. The summed E-state index contributed by atoms with van der Waals surface area (Å²) >= 11 is 0. The van der Waals surface area contributed by atoms with Crippen LogP contribution in [0.2, 0.25) is 0 Å². The quantitative estimate of drug-likeness (QED) is 0.898. The van der Waals surface area contributed by atoms with Crippen LogP contribution in [0.25, 0.3) is 0 Å². The summed E-state index contributed by atoms with van der Waals surface area (Å²) in [5, 5.41) is 14.3. The Balaban J connectivity index is 1.65. The van der Waals surface area contributed by atoms with Crippen molar-refractivity contribution in [2.24, 2.45) is 0 Å². The summed E-state index contributed by atoms with van der Waals surface area (Å²) in [5.74, 6) is -0.548. The van der Waals surface area contributed by atoms with Crippen LogP contribution in [0, 0.1) is 12.7 Å². The molecular formula is C16H20FN5O. The maximum atomic E-state index is 12.9. The minimum atomic E-state index is -0.291. The number of rotatable bonds is 4. The molecule has 1 fully saturated rings. The third kappa shape index (κ3) is 3.56. The summed E-state index contributed by atoms with van der Waals surface area (Å²) in [6.45, 7) is 4.11. The molecule has 0 saturated carbocycles. The molecule has 23 heavy (non-hydrogen) atoms. The van der Waals surface area contributed by atoms with Crippen molar-refractivity contribution in [2.45, 2.75) is 32.4 Å². The fourth-order valence-corrected chi connectivity index (χ4v) is 2.82. The second-order valence-electron chi connectivity index (χ2n) is 5.76. The van der Waals surface area contributed by atoms with Crippen LogP contribution < -0.4 is 10.6 Å². The zero-order valence-corrected chi connectivity index (χ0v) is 13.1. The van der Waals surface area contributed by atoms with Gasteiger partial charge in [0.2, 0.25) is 0 Å². The molecule has 2 aromatic rings. The standard InChI is InChI=1S/C16H20FN5O/c1-11-15(20-21-22(11)14-6-8-18-9-7-14)16(23)19-10-12-2-4-13(17)5-3-12/h2-5,14,18H,6-10H2,1H3,(H,19,23). The van der Waals surface area contributed by atoms with Gasteiger partial charge >= 0.3 is 0 Å². The van der Waals surface area contributed by atoms with Crippen LogP contribution in [0.4, 0.5) is 4.39 Å². The molecule has 3 rings (SSSR count). The predicted molar refractivity (Wildman–Crippen MR) is 83.5 cm³/mol. The third-order valence-corrected chi connectivity index (χ3v) is 4.16. The van der Waals surface area contributed by atoms with Crippen LogP contribution >= 0.6 is 0 Å². The van der Waals surface area contributed by atoms with E-state index in [-0.39, 0.29) is 11.7 Å². The molecule has 0 unspecified atom stereocenters. The molecule has 7 heteroatoms. The van der Waals surface area contributed by atoms with E-state index in [0.29, 0.717) is 18.3 Å². The maximum Gasteiger partial charge on any atom is 0.274 e. The van der Waals surface area contributed by atoms with E-state index in [1.807, 2.05) is 11.6 Å². The Morgan fingerprint density at radius 2 is 2.04 bits per heavy atom. The molecule has 0 atom stereocenters. The van der Waals surface area contributed by atoms with E-state index in [0.717, 1.165) is 37.2 Å². The van der Waals surface area contributed by atoms with Gasteiger partial charge in [-0.2, -0.15) is 0 Å². The lowest BCUT2D eigenvalue weighted by atomic mass is 10.1. The first-order chi connectivity index (χ1) is 11.1. The molecule has 2 N–H and O–H groups in total. The van der Waals surface area contributed by atoms with Gasteiger partial charge in [0.25, 0.3) is 5.91 Å². The van der Waals surface area contributed by atoms with Crippen molar-refractivity contribution in [2.75, 3.05) is 13.1 Å². The molecular weight excluding hydrogens is 297 g/mol. The molecule has 6 nitrogen and oxygen atoms in total. The van der Waals surface area contributed by atoms with Crippen LogP contribution in [-0.2, 0) is 6.54 Å². The summed E-state index contributed by atoms with van der Waals surface area (Å²) in [4.78, 5) is 12.3. The predicted octanol–water partition coefficient (Wildman–Crippen LogP) is 1.58. The molecule has 1 aromatic heterocycles. The highest BCUT2D eigenvalue weighted by atomic mass is 19.1. The zero-order chi connectivity index (χ0) is 16.2. The molecule has 0 spiro atoms. The fraction of sp³-hybridized carbons (Fsp3) is 0.438. The Morgan fingerprint density at radius 3 is 2.74 bits per heavy atom. The number of piperidine rings is 1. The van der Waals surface area contributed by atoms with Crippen molar-refractivity contribution >= 4 is 5.91 Å².